The van der Waals surface area contributed by atoms with Crippen LogP contribution in [0.15, 0.2) is 53.2 Å². The highest BCUT2D eigenvalue weighted by molar-refractivity contribution is 6.31. The van der Waals surface area contributed by atoms with Crippen LogP contribution in [0.2, 0.25) is 5.02 Å². The summed E-state index contributed by atoms with van der Waals surface area (Å²) in [5, 5.41) is 0.546. The molecule has 0 aliphatic carbocycles. The number of nitrogens with zero attached hydrogens (tertiary/aromatic N) is 1. The van der Waals surface area contributed by atoms with Crippen molar-refractivity contribution in [1.29, 1.82) is 0 Å². The van der Waals surface area contributed by atoms with Gasteiger partial charge in [-0.2, -0.15) is 0 Å². The predicted octanol–water partition coefficient (Wildman–Crippen LogP) is 4.48. The van der Waals surface area contributed by atoms with Gasteiger partial charge in [0, 0.05) is 10.6 Å². The fourth-order valence-corrected chi connectivity index (χ4v) is 2.63. The molecular weight excluding hydrogens is 354 g/mol. The highest BCUT2D eigenvalue weighted by Crippen LogP contribution is 2.30. The number of cyclic esters (lactones) is 1. The molecule has 1 aliphatic heterocycles. The third-order valence-electron chi connectivity index (χ3n) is 3.55. The monoisotopic (exact) mass is 371 g/mol. The van der Waals surface area contributed by atoms with E-state index < -0.39 is 5.97 Å². The van der Waals surface area contributed by atoms with Gasteiger partial charge < -0.3 is 14.2 Å². The molecule has 134 valence electrons. The van der Waals surface area contributed by atoms with Crippen LogP contribution < -0.4 is 9.47 Å². The molecule has 0 bridgehead atoms. The number of benzene rings is 2. The molecule has 0 saturated heterocycles. The minimum Gasteiger partial charge on any atom is -0.493 e. The van der Waals surface area contributed by atoms with E-state index in [9.17, 15) is 4.79 Å². The Hall–Kier alpha value is -2.79. The average molecular weight is 372 g/mol. The van der Waals surface area contributed by atoms with Crippen molar-refractivity contribution in [3.05, 3.63) is 64.3 Å². The van der Waals surface area contributed by atoms with E-state index >= 15 is 0 Å². The molecule has 2 aromatic rings. The van der Waals surface area contributed by atoms with Crippen LogP contribution in [0.5, 0.6) is 11.5 Å². The Bertz CT molecular complexity index is 902. The summed E-state index contributed by atoms with van der Waals surface area (Å²) in [5.74, 6) is 0.943. The predicted molar refractivity (Wildman–Crippen MR) is 101 cm³/mol. The maximum absolute atomic E-state index is 12.1. The molecule has 0 saturated carbocycles. The smallest absolute Gasteiger partial charge is 0.363 e. The second-order valence-corrected chi connectivity index (χ2v) is 6.36. The summed E-state index contributed by atoms with van der Waals surface area (Å²) in [5.41, 5.74) is 1.61. The van der Waals surface area contributed by atoms with E-state index in [4.69, 9.17) is 25.8 Å². The maximum Gasteiger partial charge on any atom is 0.363 e. The summed E-state index contributed by atoms with van der Waals surface area (Å²) in [6.45, 7) is 3.86. The average Bonchev–Trinajstić information content (AvgIpc) is 2.95. The van der Waals surface area contributed by atoms with Gasteiger partial charge in [0.15, 0.2) is 17.2 Å². The molecule has 5 nitrogen and oxygen atoms in total. The quantitative estimate of drug-likeness (QED) is 0.574. The van der Waals surface area contributed by atoms with Crippen molar-refractivity contribution in [2.45, 2.75) is 20.0 Å². The number of rotatable bonds is 5. The molecule has 0 spiro atoms. The molecule has 26 heavy (non-hydrogen) atoms. The van der Waals surface area contributed by atoms with Crippen LogP contribution in [0, 0.1) is 0 Å². The Morgan fingerprint density at radius 3 is 2.65 bits per heavy atom. The molecule has 1 heterocycles. The molecule has 0 N–H and O–H groups in total. The molecular formula is C20H18ClNO4. The second kappa shape index (κ2) is 7.62. The molecule has 2 aromatic carbocycles. The molecule has 1 aliphatic rings. The number of carbonyl (C=O) groups excluding carboxylic acids is 1. The zero-order chi connectivity index (χ0) is 18.7. The summed E-state index contributed by atoms with van der Waals surface area (Å²) in [6, 6.07) is 12.4. The van der Waals surface area contributed by atoms with Crippen molar-refractivity contribution in [3.63, 3.8) is 0 Å². The van der Waals surface area contributed by atoms with Crippen LogP contribution in [-0.4, -0.2) is 25.1 Å². The Kier molecular flexibility index (Phi) is 5.28. The minimum absolute atomic E-state index is 0.00398. The molecule has 3 rings (SSSR count). The van der Waals surface area contributed by atoms with Crippen molar-refractivity contribution in [3.8, 4) is 11.5 Å². The van der Waals surface area contributed by atoms with Gasteiger partial charge in [-0.15, -0.1) is 0 Å². The minimum atomic E-state index is -0.512. The first kappa shape index (κ1) is 18.0. The van der Waals surface area contributed by atoms with E-state index in [1.807, 2.05) is 19.9 Å². The van der Waals surface area contributed by atoms with E-state index in [0.29, 0.717) is 22.1 Å². The summed E-state index contributed by atoms with van der Waals surface area (Å²) in [6.07, 6.45) is 1.64. The van der Waals surface area contributed by atoms with Crippen LogP contribution in [-0.2, 0) is 9.53 Å². The lowest BCUT2D eigenvalue weighted by atomic mass is 10.1. The lowest BCUT2D eigenvalue weighted by Crippen LogP contribution is -2.07. The Balaban J connectivity index is 1.93. The van der Waals surface area contributed by atoms with Crippen molar-refractivity contribution >= 4 is 29.5 Å². The standard InChI is InChI=1S/C20H18ClNO4/c1-12(2)25-18-10-13(7-8-17(18)24-3)9-16-20(23)26-19(22-16)14-5-4-6-15(21)11-14/h4-12H,1-3H3/b16-9+. The van der Waals surface area contributed by atoms with Crippen LogP contribution in [0.25, 0.3) is 6.08 Å². The SMILES string of the molecule is COc1ccc(/C=C2/N=C(c3cccc(Cl)c3)OC2=O)cc1OC(C)C. The van der Waals surface area contributed by atoms with E-state index in [1.165, 1.54) is 0 Å². The van der Waals surface area contributed by atoms with Crippen LogP contribution in [0.1, 0.15) is 25.0 Å². The molecule has 0 unspecified atom stereocenters. The third kappa shape index (κ3) is 4.06. The summed E-state index contributed by atoms with van der Waals surface area (Å²) in [7, 11) is 1.58. The number of carbonyl (C=O) groups is 1. The molecule has 0 amide bonds. The van der Waals surface area contributed by atoms with Gasteiger partial charge in [0.1, 0.15) is 0 Å². The lowest BCUT2D eigenvalue weighted by molar-refractivity contribution is -0.129. The van der Waals surface area contributed by atoms with Gasteiger partial charge in [-0.1, -0.05) is 23.7 Å². The van der Waals surface area contributed by atoms with Gasteiger partial charge in [-0.25, -0.2) is 9.79 Å². The first-order chi connectivity index (χ1) is 12.5. The number of ether oxygens (including phenoxy) is 3. The van der Waals surface area contributed by atoms with Crippen molar-refractivity contribution in [2.24, 2.45) is 4.99 Å². The van der Waals surface area contributed by atoms with Gasteiger partial charge in [-0.3, -0.25) is 0 Å². The molecule has 0 atom stereocenters. The van der Waals surface area contributed by atoms with Crippen molar-refractivity contribution in [2.75, 3.05) is 7.11 Å². The number of halogens is 1. The summed E-state index contributed by atoms with van der Waals surface area (Å²) in [4.78, 5) is 16.4. The maximum atomic E-state index is 12.1. The summed E-state index contributed by atoms with van der Waals surface area (Å²) < 4.78 is 16.3. The number of hydrogen-bond donors (Lipinski definition) is 0. The first-order valence-corrected chi connectivity index (χ1v) is 8.47. The first-order valence-electron chi connectivity index (χ1n) is 8.09. The second-order valence-electron chi connectivity index (χ2n) is 5.92. The van der Waals surface area contributed by atoms with Gasteiger partial charge >= 0.3 is 5.97 Å². The van der Waals surface area contributed by atoms with E-state index in [-0.39, 0.29) is 17.7 Å². The van der Waals surface area contributed by atoms with Crippen LogP contribution >= 0.6 is 11.6 Å². The summed E-state index contributed by atoms with van der Waals surface area (Å²) >= 11 is 5.98. The molecule has 0 fully saturated rings. The topological polar surface area (TPSA) is 57.1 Å². The van der Waals surface area contributed by atoms with E-state index in [0.717, 1.165) is 5.56 Å². The Morgan fingerprint density at radius 1 is 1.15 bits per heavy atom. The van der Waals surface area contributed by atoms with E-state index in [1.54, 1.807) is 49.6 Å². The van der Waals surface area contributed by atoms with Crippen molar-refractivity contribution in [1.82, 2.24) is 0 Å². The highest BCUT2D eigenvalue weighted by atomic mass is 35.5. The number of methoxy groups -OCH3 is 1. The third-order valence-corrected chi connectivity index (χ3v) is 3.78. The van der Waals surface area contributed by atoms with Gasteiger partial charge in [0.2, 0.25) is 5.90 Å². The number of aliphatic imine (C=N–C) groups is 1. The van der Waals surface area contributed by atoms with Crippen LogP contribution in [0.4, 0.5) is 0 Å². The molecule has 6 heteroatoms. The van der Waals surface area contributed by atoms with Gasteiger partial charge in [-0.05, 0) is 55.8 Å². The molecule has 0 radical (unpaired) electrons. The lowest BCUT2D eigenvalue weighted by Gasteiger charge is -2.13. The Morgan fingerprint density at radius 2 is 1.96 bits per heavy atom. The van der Waals surface area contributed by atoms with Gasteiger partial charge in [0.05, 0.1) is 13.2 Å². The van der Waals surface area contributed by atoms with Crippen LogP contribution in [0.3, 0.4) is 0 Å². The Labute approximate surface area is 156 Å². The largest absolute Gasteiger partial charge is 0.493 e. The zero-order valence-corrected chi connectivity index (χ0v) is 15.4. The van der Waals surface area contributed by atoms with E-state index in [2.05, 4.69) is 4.99 Å². The normalized spacial score (nSPS) is 15.2. The number of esters is 1. The zero-order valence-electron chi connectivity index (χ0n) is 14.7. The fourth-order valence-electron chi connectivity index (χ4n) is 2.44. The van der Waals surface area contributed by atoms with Crippen molar-refractivity contribution < 1.29 is 19.0 Å². The van der Waals surface area contributed by atoms with Gasteiger partial charge in [0.25, 0.3) is 0 Å². The fraction of sp³-hybridized carbons (Fsp3) is 0.200. The highest BCUT2D eigenvalue weighted by Gasteiger charge is 2.24. The molecule has 0 aromatic heterocycles. The number of hydrogen-bond acceptors (Lipinski definition) is 5.